The van der Waals surface area contributed by atoms with Crippen LogP contribution in [0.5, 0.6) is 0 Å². The maximum atomic E-state index is 11.1. The molecule has 2 N–H and O–H groups in total. The van der Waals surface area contributed by atoms with E-state index in [1.165, 1.54) is 25.7 Å². The molecule has 0 rings (SSSR count). The van der Waals surface area contributed by atoms with Crippen LogP contribution in [0.15, 0.2) is 0 Å². The van der Waals surface area contributed by atoms with Crippen molar-refractivity contribution in [1.29, 1.82) is 0 Å². The summed E-state index contributed by atoms with van der Waals surface area (Å²) < 4.78 is 0. The number of nitrogens with one attached hydrogen (secondary N) is 1. The van der Waals surface area contributed by atoms with Gasteiger partial charge in [0, 0.05) is 0 Å². The van der Waals surface area contributed by atoms with E-state index in [1.807, 2.05) is 0 Å². The Morgan fingerprint density at radius 2 is 1.72 bits per heavy atom. The lowest BCUT2D eigenvalue weighted by atomic mass is 10.0. The zero-order chi connectivity index (χ0) is 13.8. The third kappa shape index (κ3) is 9.46. The van der Waals surface area contributed by atoms with Crippen LogP contribution in [0.3, 0.4) is 0 Å². The Morgan fingerprint density at radius 1 is 1.11 bits per heavy atom. The maximum Gasteiger partial charge on any atom is 0.320 e. The van der Waals surface area contributed by atoms with Crippen LogP contribution in [-0.4, -0.2) is 23.7 Å². The van der Waals surface area contributed by atoms with Crippen molar-refractivity contribution in [2.24, 2.45) is 5.92 Å². The van der Waals surface area contributed by atoms with Crippen LogP contribution in [0, 0.1) is 5.92 Å². The highest BCUT2D eigenvalue weighted by Gasteiger charge is 2.16. The van der Waals surface area contributed by atoms with Gasteiger partial charge in [0.15, 0.2) is 0 Å². The highest BCUT2D eigenvalue weighted by Crippen LogP contribution is 2.09. The summed E-state index contributed by atoms with van der Waals surface area (Å²) in [6.45, 7) is 7.30. The fourth-order valence-electron chi connectivity index (χ4n) is 1.93. The topological polar surface area (TPSA) is 49.3 Å². The predicted octanol–water partition coefficient (Wildman–Crippen LogP) is 3.83. The highest BCUT2D eigenvalue weighted by atomic mass is 16.4. The molecule has 0 amide bonds. The summed E-state index contributed by atoms with van der Waals surface area (Å²) >= 11 is 0. The summed E-state index contributed by atoms with van der Waals surface area (Å²) in [5, 5.41) is 12.3. The van der Waals surface area contributed by atoms with Crippen LogP contribution < -0.4 is 5.32 Å². The molecule has 0 aliphatic heterocycles. The van der Waals surface area contributed by atoms with Crippen LogP contribution in [0.2, 0.25) is 0 Å². The lowest BCUT2D eigenvalue weighted by molar-refractivity contribution is -0.139. The Kier molecular flexibility index (Phi) is 11.2. The molecular formula is C15H31NO2. The van der Waals surface area contributed by atoms with Gasteiger partial charge < -0.3 is 10.4 Å². The molecule has 0 bridgehead atoms. The van der Waals surface area contributed by atoms with Gasteiger partial charge in [0.1, 0.15) is 6.04 Å². The first kappa shape index (κ1) is 17.4. The van der Waals surface area contributed by atoms with Gasteiger partial charge in [0.2, 0.25) is 0 Å². The molecule has 0 heterocycles. The molecule has 18 heavy (non-hydrogen) atoms. The standard InChI is InChI=1S/C15H31NO2/c1-4-6-7-8-9-10-11-14(15(17)18)16-12-13(3)5-2/h13-14,16H,4-12H2,1-3H3,(H,17,18). The predicted molar refractivity (Wildman–Crippen MR) is 76.9 cm³/mol. The normalized spacial score (nSPS) is 14.4. The van der Waals surface area contributed by atoms with Crippen LogP contribution in [-0.2, 0) is 4.79 Å². The van der Waals surface area contributed by atoms with Gasteiger partial charge in [-0.2, -0.15) is 0 Å². The molecule has 0 aromatic heterocycles. The molecule has 0 saturated carbocycles. The van der Waals surface area contributed by atoms with Gasteiger partial charge in [0.05, 0.1) is 0 Å². The van der Waals surface area contributed by atoms with Crippen LogP contribution in [0.25, 0.3) is 0 Å². The number of rotatable bonds is 12. The maximum absolute atomic E-state index is 11.1. The molecule has 3 heteroatoms. The largest absolute Gasteiger partial charge is 0.480 e. The summed E-state index contributed by atoms with van der Waals surface area (Å²) in [5.74, 6) is -0.150. The van der Waals surface area contributed by atoms with Crippen molar-refractivity contribution in [1.82, 2.24) is 5.32 Å². The van der Waals surface area contributed by atoms with E-state index in [9.17, 15) is 4.79 Å². The smallest absolute Gasteiger partial charge is 0.320 e. The highest BCUT2D eigenvalue weighted by molar-refractivity contribution is 5.73. The summed E-state index contributed by atoms with van der Waals surface area (Å²) in [6, 6.07) is -0.356. The second kappa shape index (κ2) is 11.5. The van der Waals surface area contributed by atoms with E-state index >= 15 is 0 Å². The van der Waals surface area contributed by atoms with Crippen LogP contribution >= 0.6 is 0 Å². The Labute approximate surface area is 112 Å². The summed E-state index contributed by atoms with van der Waals surface area (Å²) in [5.41, 5.74) is 0. The SMILES string of the molecule is CCCCCCCCC(NCC(C)CC)C(=O)O. The Bertz CT molecular complexity index is 207. The molecule has 2 atom stereocenters. The van der Waals surface area contributed by atoms with Gasteiger partial charge in [-0.15, -0.1) is 0 Å². The first-order valence-electron chi connectivity index (χ1n) is 7.57. The van der Waals surface area contributed by atoms with Gasteiger partial charge >= 0.3 is 5.97 Å². The number of hydrogen-bond acceptors (Lipinski definition) is 2. The van der Waals surface area contributed by atoms with Crippen molar-refractivity contribution in [3.63, 3.8) is 0 Å². The average Bonchev–Trinajstić information content (AvgIpc) is 2.36. The molecule has 0 aromatic rings. The number of aliphatic carboxylic acids is 1. The summed E-state index contributed by atoms with van der Waals surface area (Å²) in [7, 11) is 0. The van der Waals surface area contributed by atoms with E-state index in [0.29, 0.717) is 5.92 Å². The van der Waals surface area contributed by atoms with Crippen molar-refractivity contribution in [3.05, 3.63) is 0 Å². The third-order valence-corrected chi connectivity index (χ3v) is 3.55. The molecule has 0 fully saturated rings. The molecule has 3 nitrogen and oxygen atoms in total. The molecule has 0 aliphatic carbocycles. The Balaban J connectivity index is 3.67. The fraction of sp³-hybridized carbons (Fsp3) is 0.933. The lowest BCUT2D eigenvalue weighted by Crippen LogP contribution is -2.38. The monoisotopic (exact) mass is 257 g/mol. The van der Waals surface area contributed by atoms with Crippen molar-refractivity contribution in [3.8, 4) is 0 Å². The average molecular weight is 257 g/mol. The molecule has 0 spiro atoms. The Morgan fingerprint density at radius 3 is 2.28 bits per heavy atom. The fourth-order valence-corrected chi connectivity index (χ4v) is 1.93. The van der Waals surface area contributed by atoms with E-state index in [1.54, 1.807) is 0 Å². The zero-order valence-electron chi connectivity index (χ0n) is 12.4. The molecule has 0 saturated heterocycles. The minimum atomic E-state index is -0.702. The van der Waals surface area contributed by atoms with Gasteiger partial charge in [-0.1, -0.05) is 65.7 Å². The van der Waals surface area contributed by atoms with Crippen molar-refractivity contribution < 1.29 is 9.90 Å². The summed E-state index contributed by atoms with van der Waals surface area (Å²) in [4.78, 5) is 11.1. The molecule has 0 aliphatic rings. The molecule has 0 radical (unpaired) electrons. The first-order valence-corrected chi connectivity index (χ1v) is 7.57. The minimum Gasteiger partial charge on any atom is -0.480 e. The second-order valence-electron chi connectivity index (χ2n) is 5.37. The van der Waals surface area contributed by atoms with Gasteiger partial charge in [-0.25, -0.2) is 0 Å². The third-order valence-electron chi connectivity index (χ3n) is 3.55. The van der Waals surface area contributed by atoms with Gasteiger partial charge in [-0.3, -0.25) is 4.79 Å². The van der Waals surface area contributed by atoms with Gasteiger partial charge in [0.25, 0.3) is 0 Å². The van der Waals surface area contributed by atoms with E-state index < -0.39 is 5.97 Å². The van der Waals surface area contributed by atoms with Gasteiger partial charge in [-0.05, 0) is 18.9 Å². The van der Waals surface area contributed by atoms with Crippen molar-refractivity contribution in [2.75, 3.05) is 6.54 Å². The quantitative estimate of drug-likeness (QED) is 0.522. The number of carboxylic acid groups (broad SMARTS) is 1. The first-order chi connectivity index (χ1) is 8.61. The minimum absolute atomic E-state index is 0.356. The number of carbonyl (C=O) groups is 1. The molecule has 0 aromatic carbocycles. The van der Waals surface area contributed by atoms with Crippen molar-refractivity contribution in [2.45, 2.75) is 78.2 Å². The van der Waals surface area contributed by atoms with E-state index in [0.717, 1.165) is 32.2 Å². The zero-order valence-corrected chi connectivity index (χ0v) is 12.4. The number of hydrogen-bond donors (Lipinski definition) is 2. The molecule has 2 unspecified atom stereocenters. The lowest BCUT2D eigenvalue weighted by Gasteiger charge is -2.17. The molecule has 108 valence electrons. The van der Waals surface area contributed by atoms with Crippen molar-refractivity contribution >= 4 is 5.97 Å². The van der Waals surface area contributed by atoms with Crippen LogP contribution in [0.4, 0.5) is 0 Å². The second-order valence-corrected chi connectivity index (χ2v) is 5.37. The molecular weight excluding hydrogens is 226 g/mol. The van der Waals surface area contributed by atoms with Crippen LogP contribution in [0.1, 0.15) is 72.1 Å². The van der Waals surface area contributed by atoms with E-state index in [2.05, 4.69) is 26.1 Å². The van der Waals surface area contributed by atoms with E-state index in [-0.39, 0.29) is 6.04 Å². The summed E-state index contributed by atoms with van der Waals surface area (Å²) in [6.07, 6.45) is 9.13. The number of carboxylic acids is 1. The Hall–Kier alpha value is -0.570. The van der Waals surface area contributed by atoms with E-state index in [4.69, 9.17) is 5.11 Å². The number of unbranched alkanes of at least 4 members (excludes halogenated alkanes) is 5.